The van der Waals surface area contributed by atoms with Gasteiger partial charge in [-0.25, -0.2) is 9.48 Å². The second kappa shape index (κ2) is 3.77. The molecule has 0 saturated carbocycles. The highest BCUT2D eigenvalue weighted by atomic mass is 16.4. The number of rotatable bonds is 2. The van der Waals surface area contributed by atoms with E-state index in [1.165, 1.54) is 6.20 Å². The lowest BCUT2D eigenvalue weighted by atomic mass is 10.3. The summed E-state index contributed by atoms with van der Waals surface area (Å²) in [6.45, 7) is 3.55. The molecule has 0 amide bonds. The van der Waals surface area contributed by atoms with Gasteiger partial charge in [0.15, 0.2) is 0 Å². The summed E-state index contributed by atoms with van der Waals surface area (Å²) in [6, 6.07) is 3.63. The van der Waals surface area contributed by atoms with E-state index in [4.69, 9.17) is 5.11 Å². The first-order chi connectivity index (χ1) is 7.58. The van der Waals surface area contributed by atoms with E-state index >= 15 is 0 Å². The van der Waals surface area contributed by atoms with Crippen molar-refractivity contribution < 1.29 is 9.90 Å². The molecule has 0 saturated heterocycles. The minimum Gasteiger partial charge on any atom is -0.478 e. The Morgan fingerprint density at radius 3 is 2.75 bits per heavy atom. The van der Waals surface area contributed by atoms with Crippen LogP contribution in [0.25, 0.3) is 5.69 Å². The fourth-order valence-electron chi connectivity index (χ4n) is 1.48. The fraction of sp³-hybridized carbons (Fsp3) is 0.182. The molecule has 2 heterocycles. The van der Waals surface area contributed by atoms with Crippen molar-refractivity contribution in [2.45, 2.75) is 13.8 Å². The molecule has 2 aromatic rings. The molecule has 0 bridgehead atoms. The first kappa shape index (κ1) is 10.4. The average molecular weight is 217 g/mol. The number of nitrogens with zero attached hydrogens (tertiary/aromatic N) is 3. The molecule has 0 aliphatic heterocycles. The molecule has 16 heavy (non-hydrogen) atoms. The van der Waals surface area contributed by atoms with Gasteiger partial charge >= 0.3 is 5.97 Å². The third-order valence-corrected chi connectivity index (χ3v) is 2.27. The maximum atomic E-state index is 10.9. The van der Waals surface area contributed by atoms with E-state index in [-0.39, 0.29) is 5.56 Å². The highest BCUT2D eigenvalue weighted by Gasteiger charge is 2.12. The zero-order chi connectivity index (χ0) is 11.7. The minimum atomic E-state index is -0.963. The number of hydrogen-bond acceptors (Lipinski definition) is 3. The number of aromatic carboxylic acids is 1. The largest absolute Gasteiger partial charge is 0.478 e. The van der Waals surface area contributed by atoms with Gasteiger partial charge in [0.2, 0.25) is 0 Å². The van der Waals surface area contributed by atoms with Gasteiger partial charge in [-0.1, -0.05) is 0 Å². The molecule has 82 valence electrons. The van der Waals surface area contributed by atoms with Gasteiger partial charge < -0.3 is 5.11 Å². The van der Waals surface area contributed by atoms with Gasteiger partial charge in [-0.2, -0.15) is 5.10 Å². The average Bonchev–Trinajstić information content (AvgIpc) is 2.60. The topological polar surface area (TPSA) is 68.0 Å². The van der Waals surface area contributed by atoms with Crippen molar-refractivity contribution in [1.29, 1.82) is 0 Å². The molecule has 2 rings (SSSR count). The van der Waals surface area contributed by atoms with Crippen LogP contribution in [0.5, 0.6) is 0 Å². The van der Waals surface area contributed by atoms with Crippen LogP contribution in [0.15, 0.2) is 24.5 Å². The SMILES string of the molecule is Cc1cc(-n2cc(C(=O)O)c(C)n2)ccn1. The van der Waals surface area contributed by atoms with Crippen LogP contribution in [0.1, 0.15) is 21.7 Å². The monoisotopic (exact) mass is 217 g/mol. The van der Waals surface area contributed by atoms with Gasteiger partial charge in [0.25, 0.3) is 0 Å². The predicted octanol–water partition coefficient (Wildman–Crippen LogP) is 1.58. The minimum absolute atomic E-state index is 0.217. The van der Waals surface area contributed by atoms with E-state index in [1.807, 2.05) is 13.0 Å². The lowest BCUT2D eigenvalue weighted by molar-refractivity contribution is 0.0696. The van der Waals surface area contributed by atoms with E-state index < -0.39 is 5.97 Å². The Kier molecular flexibility index (Phi) is 2.44. The van der Waals surface area contributed by atoms with Gasteiger partial charge in [0.1, 0.15) is 5.56 Å². The summed E-state index contributed by atoms with van der Waals surface area (Å²) in [5.41, 5.74) is 2.39. The number of carbonyl (C=O) groups is 1. The molecule has 0 aliphatic rings. The molecule has 1 N–H and O–H groups in total. The molecule has 0 fully saturated rings. The zero-order valence-electron chi connectivity index (χ0n) is 9.01. The smallest absolute Gasteiger partial charge is 0.339 e. The first-order valence-electron chi connectivity index (χ1n) is 4.80. The van der Waals surface area contributed by atoms with Crippen LogP contribution in [-0.4, -0.2) is 25.8 Å². The van der Waals surface area contributed by atoms with Crippen molar-refractivity contribution in [1.82, 2.24) is 14.8 Å². The van der Waals surface area contributed by atoms with E-state index in [0.717, 1.165) is 11.4 Å². The molecule has 0 atom stereocenters. The molecule has 0 unspecified atom stereocenters. The van der Waals surface area contributed by atoms with Gasteiger partial charge in [-0.15, -0.1) is 0 Å². The molecule has 0 spiro atoms. The van der Waals surface area contributed by atoms with E-state index in [2.05, 4.69) is 10.1 Å². The third-order valence-electron chi connectivity index (χ3n) is 2.27. The van der Waals surface area contributed by atoms with Crippen LogP contribution in [0.4, 0.5) is 0 Å². The second-order valence-electron chi connectivity index (χ2n) is 3.53. The van der Waals surface area contributed by atoms with Gasteiger partial charge in [-0.05, 0) is 26.0 Å². The third kappa shape index (κ3) is 1.79. The number of aryl methyl sites for hydroxylation is 2. The molecular weight excluding hydrogens is 206 g/mol. The Morgan fingerprint density at radius 1 is 1.44 bits per heavy atom. The number of carboxylic acids is 1. The maximum Gasteiger partial charge on any atom is 0.339 e. The van der Waals surface area contributed by atoms with Crippen LogP contribution in [0, 0.1) is 13.8 Å². The van der Waals surface area contributed by atoms with Crippen LogP contribution in [0.3, 0.4) is 0 Å². The van der Waals surface area contributed by atoms with E-state index in [1.54, 1.807) is 23.9 Å². The molecule has 2 aromatic heterocycles. The summed E-state index contributed by atoms with van der Waals surface area (Å²) < 4.78 is 1.55. The van der Waals surface area contributed by atoms with Crippen LogP contribution < -0.4 is 0 Å². The van der Waals surface area contributed by atoms with Crippen molar-refractivity contribution in [3.05, 3.63) is 41.5 Å². The van der Waals surface area contributed by atoms with Crippen molar-refractivity contribution >= 4 is 5.97 Å². The molecular formula is C11H11N3O2. The summed E-state index contributed by atoms with van der Waals surface area (Å²) >= 11 is 0. The number of pyridine rings is 1. The fourth-order valence-corrected chi connectivity index (χ4v) is 1.48. The Hall–Kier alpha value is -2.17. The van der Waals surface area contributed by atoms with Gasteiger partial charge in [0.05, 0.1) is 11.4 Å². The Balaban J connectivity index is 2.49. The highest BCUT2D eigenvalue weighted by Crippen LogP contribution is 2.12. The summed E-state index contributed by atoms with van der Waals surface area (Å²) in [7, 11) is 0. The molecule has 5 nitrogen and oxygen atoms in total. The molecule has 5 heteroatoms. The summed E-state index contributed by atoms with van der Waals surface area (Å²) in [5, 5.41) is 13.1. The molecule has 0 aromatic carbocycles. The Bertz CT molecular complexity index is 546. The Labute approximate surface area is 92.4 Å². The number of aromatic nitrogens is 3. The molecule has 0 aliphatic carbocycles. The van der Waals surface area contributed by atoms with Crippen LogP contribution in [-0.2, 0) is 0 Å². The second-order valence-corrected chi connectivity index (χ2v) is 3.53. The van der Waals surface area contributed by atoms with Crippen molar-refractivity contribution in [2.24, 2.45) is 0 Å². The maximum absolute atomic E-state index is 10.9. The van der Waals surface area contributed by atoms with Crippen molar-refractivity contribution in [3.63, 3.8) is 0 Å². The predicted molar refractivity (Wildman–Crippen MR) is 57.8 cm³/mol. The van der Waals surface area contributed by atoms with E-state index in [9.17, 15) is 4.79 Å². The summed E-state index contributed by atoms with van der Waals surface area (Å²) in [4.78, 5) is 14.9. The molecule has 0 radical (unpaired) electrons. The first-order valence-corrected chi connectivity index (χ1v) is 4.80. The van der Waals surface area contributed by atoms with Crippen molar-refractivity contribution in [3.8, 4) is 5.69 Å². The van der Waals surface area contributed by atoms with Crippen molar-refractivity contribution in [2.75, 3.05) is 0 Å². The van der Waals surface area contributed by atoms with Gasteiger partial charge in [0, 0.05) is 18.1 Å². The van der Waals surface area contributed by atoms with E-state index in [0.29, 0.717) is 5.69 Å². The zero-order valence-corrected chi connectivity index (χ0v) is 9.01. The lowest BCUT2D eigenvalue weighted by Crippen LogP contribution is -1.96. The number of hydrogen-bond donors (Lipinski definition) is 1. The van der Waals surface area contributed by atoms with Crippen LogP contribution >= 0.6 is 0 Å². The van der Waals surface area contributed by atoms with Crippen LogP contribution in [0.2, 0.25) is 0 Å². The Morgan fingerprint density at radius 2 is 2.19 bits per heavy atom. The highest BCUT2D eigenvalue weighted by molar-refractivity contribution is 5.88. The summed E-state index contributed by atoms with van der Waals surface area (Å²) in [6.07, 6.45) is 3.18. The summed E-state index contributed by atoms with van der Waals surface area (Å²) in [5.74, 6) is -0.963. The number of carboxylic acid groups (broad SMARTS) is 1. The quantitative estimate of drug-likeness (QED) is 0.829. The normalized spacial score (nSPS) is 10.4. The van der Waals surface area contributed by atoms with Gasteiger partial charge in [-0.3, -0.25) is 4.98 Å². The lowest BCUT2D eigenvalue weighted by Gasteiger charge is -2.00. The standard InChI is InChI=1S/C11H11N3O2/c1-7-5-9(3-4-12-7)14-6-10(11(15)16)8(2)13-14/h3-6H,1-2H3,(H,15,16).